The van der Waals surface area contributed by atoms with Crippen molar-refractivity contribution in [2.24, 2.45) is 15.3 Å². The van der Waals surface area contributed by atoms with Gasteiger partial charge in [0.1, 0.15) is 16.9 Å². The van der Waals surface area contributed by atoms with Crippen molar-refractivity contribution in [2.45, 2.75) is 0 Å². The molecule has 0 atom stereocenters. The van der Waals surface area contributed by atoms with E-state index in [1.807, 2.05) is 0 Å². The van der Waals surface area contributed by atoms with Gasteiger partial charge in [0.15, 0.2) is 0 Å². The molecule has 0 bridgehead atoms. The van der Waals surface area contributed by atoms with Crippen LogP contribution in [0.3, 0.4) is 0 Å². The smallest absolute Gasteiger partial charge is 0.340 e. The van der Waals surface area contributed by atoms with Crippen LogP contribution in [0.5, 0.6) is 0 Å². The van der Waals surface area contributed by atoms with Crippen LogP contribution >= 0.6 is 0 Å². The molecule has 1 aromatic carbocycles. The first kappa shape index (κ1) is 11.6. The molecule has 0 aromatic heterocycles. The molecular formula is C7H9BN6O2. The second-order valence-electron chi connectivity index (χ2n) is 2.84. The highest BCUT2D eigenvalue weighted by Crippen LogP contribution is 2.39. The monoisotopic (exact) mass is 220 g/mol. The summed E-state index contributed by atoms with van der Waals surface area (Å²) in [6.07, 6.45) is 0. The Morgan fingerprint density at radius 2 is 1.94 bits per heavy atom. The lowest BCUT2D eigenvalue weighted by Crippen LogP contribution is -2.03. The summed E-state index contributed by atoms with van der Waals surface area (Å²) >= 11 is 0. The fourth-order valence-electron chi connectivity index (χ4n) is 1.24. The van der Waals surface area contributed by atoms with Gasteiger partial charge in [0.2, 0.25) is 0 Å². The maximum atomic E-state index is 11.0. The minimum absolute atomic E-state index is 0.0138. The molecule has 0 aliphatic heterocycles. The van der Waals surface area contributed by atoms with E-state index in [1.165, 1.54) is 14.0 Å². The van der Waals surface area contributed by atoms with Crippen molar-refractivity contribution < 1.29 is 9.90 Å². The zero-order chi connectivity index (χ0) is 12.3. The quantitative estimate of drug-likeness (QED) is 0.339. The Bertz CT molecular complexity index is 486. The maximum Gasteiger partial charge on any atom is 0.340 e. The summed E-state index contributed by atoms with van der Waals surface area (Å²) in [4.78, 5) is 11.0. The molecule has 0 unspecified atom stereocenters. The van der Waals surface area contributed by atoms with Crippen LogP contribution in [0.4, 0.5) is 22.7 Å². The SMILES string of the molecule is BN=Nc1c(N)cc(N)c(N=N)c1C(=O)O. The van der Waals surface area contributed by atoms with Crippen LogP contribution in [-0.2, 0) is 0 Å². The van der Waals surface area contributed by atoms with E-state index < -0.39 is 5.97 Å². The topological polar surface area (TPSA) is 150 Å². The predicted molar refractivity (Wildman–Crippen MR) is 60.1 cm³/mol. The van der Waals surface area contributed by atoms with Crippen LogP contribution in [0, 0.1) is 5.53 Å². The number of aromatic carboxylic acids is 1. The van der Waals surface area contributed by atoms with Crippen molar-refractivity contribution in [3.8, 4) is 0 Å². The van der Waals surface area contributed by atoms with Gasteiger partial charge < -0.3 is 16.6 Å². The molecule has 0 aliphatic rings. The molecule has 0 heterocycles. The van der Waals surface area contributed by atoms with Crippen molar-refractivity contribution in [2.75, 3.05) is 11.5 Å². The van der Waals surface area contributed by atoms with Gasteiger partial charge in [-0.2, -0.15) is 10.2 Å². The highest BCUT2D eigenvalue weighted by molar-refractivity contribution is 6.07. The lowest BCUT2D eigenvalue weighted by Gasteiger charge is -2.08. The van der Waals surface area contributed by atoms with Gasteiger partial charge in [-0.3, -0.25) is 5.03 Å². The van der Waals surface area contributed by atoms with E-state index in [2.05, 4.69) is 15.3 Å². The number of anilines is 2. The van der Waals surface area contributed by atoms with Gasteiger partial charge in [-0.05, 0) is 6.07 Å². The third-order valence-electron chi connectivity index (χ3n) is 1.86. The van der Waals surface area contributed by atoms with Crippen LogP contribution in [0.2, 0.25) is 0 Å². The minimum Gasteiger partial charge on any atom is -0.478 e. The van der Waals surface area contributed by atoms with E-state index in [0.29, 0.717) is 0 Å². The number of benzene rings is 1. The molecule has 0 radical (unpaired) electrons. The number of rotatable bonds is 3. The highest BCUT2D eigenvalue weighted by Gasteiger charge is 2.21. The average Bonchev–Trinajstić information content (AvgIpc) is 2.21. The van der Waals surface area contributed by atoms with Crippen LogP contribution in [0.1, 0.15) is 10.4 Å². The molecule has 1 aromatic rings. The number of nitrogens with two attached hydrogens (primary N) is 2. The number of hydrogen-bond donors (Lipinski definition) is 4. The summed E-state index contributed by atoms with van der Waals surface area (Å²) in [5, 5.41) is 19.1. The number of hydrogen-bond acceptors (Lipinski definition) is 7. The van der Waals surface area contributed by atoms with Crippen LogP contribution in [0.15, 0.2) is 21.3 Å². The zero-order valence-electron chi connectivity index (χ0n) is 8.43. The lowest BCUT2D eigenvalue weighted by molar-refractivity contribution is 0.0698. The molecule has 9 heteroatoms. The first-order valence-corrected chi connectivity index (χ1v) is 4.15. The Morgan fingerprint density at radius 3 is 2.38 bits per heavy atom. The molecular weight excluding hydrogens is 211 g/mol. The Kier molecular flexibility index (Phi) is 3.19. The number of carbonyl (C=O) groups is 1. The van der Waals surface area contributed by atoms with Gasteiger partial charge in [-0.1, -0.05) is 0 Å². The summed E-state index contributed by atoms with van der Waals surface area (Å²) in [5.41, 5.74) is 17.5. The number of nitrogens with zero attached hydrogens (tertiary/aromatic N) is 3. The molecule has 82 valence electrons. The van der Waals surface area contributed by atoms with Crippen molar-refractivity contribution >= 4 is 36.7 Å². The number of nitrogens with one attached hydrogen (secondary N) is 1. The molecule has 0 aliphatic carbocycles. The fraction of sp³-hybridized carbons (Fsp3) is 0. The largest absolute Gasteiger partial charge is 0.478 e. The molecule has 0 saturated carbocycles. The number of nitrogen functional groups attached to an aromatic ring is 2. The normalized spacial score (nSPS) is 10.5. The third-order valence-corrected chi connectivity index (χ3v) is 1.86. The van der Waals surface area contributed by atoms with Gasteiger partial charge in [-0.25, -0.2) is 10.3 Å². The van der Waals surface area contributed by atoms with E-state index in [4.69, 9.17) is 22.1 Å². The molecule has 1 rings (SSSR count). The van der Waals surface area contributed by atoms with Crippen molar-refractivity contribution in [1.82, 2.24) is 0 Å². The molecule has 6 N–H and O–H groups in total. The van der Waals surface area contributed by atoms with Crippen LogP contribution < -0.4 is 11.5 Å². The van der Waals surface area contributed by atoms with E-state index in [1.54, 1.807) is 0 Å². The first-order valence-electron chi connectivity index (χ1n) is 4.15. The van der Waals surface area contributed by atoms with Crippen molar-refractivity contribution in [1.29, 1.82) is 5.53 Å². The Hall–Kier alpha value is -2.45. The number of carboxylic acid groups (broad SMARTS) is 1. The summed E-state index contributed by atoms with van der Waals surface area (Å²) < 4.78 is 0. The average molecular weight is 220 g/mol. The summed E-state index contributed by atoms with van der Waals surface area (Å²) in [6, 6.07) is 1.30. The summed E-state index contributed by atoms with van der Waals surface area (Å²) in [5.74, 6) is -1.31. The molecule has 16 heavy (non-hydrogen) atoms. The van der Waals surface area contributed by atoms with Gasteiger partial charge in [0.05, 0.1) is 11.4 Å². The standard InChI is InChI=1S/C7H9BN6O2/c8-14-13-6-3(10)1-2(9)5(12-11)4(6)7(15)16/h1,11H,8-10H2,(H,15,16). The van der Waals surface area contributed by atoms with E-state index >= 15 is 0 Å². The van der Waals surface area contributed by atoms with Gasteiger partial charge in [0.25, 0.3) is 7.98 Å². The Labute approximate surface area is 91.3 Å². The molecule has 0 spiro atoms. The molecule has 8 nitrogen and oxygen atoms in total. The Morgan fingerprint density at radius 1 is 1.38 bits per heavy atom. The summed E-state index contributed by atoms with van der Waals surface area (Å²) in [6.45, 7) is 0. The van der Waals surface area contributed by atoms with E-state index in [9.17, 15) is 4.79 Å². The van der Waals surface area contributed by atoms with E-state index in [0.717, 1.165) is 0 Å². The fourth-order valence-corrected chi connectivity index (χ4v) is 1.24. The molecule has 0 amide bonds. The summed E-state index contributed by atoms with van der Waals surface area (Å²) in [7, 11) is 1.37. The minimum atomic E-state index is -1.31. The van der Waals surface area contributed by atoms with Crippen LogP contribution in [0.25, 0.3) is 0 Å². The first-order chi connectivity index (χ1) is 7.52. The van der Waals surface area contributed by atoms with Crippen molar-refractivity contribution in [3.63, 3.8) is 0 Å². The van der Waals surface area contributed by atoms with Crippen molar-refractivity contribution in [3.05, 3.63) is 11.6 Å². The third kappa shape index (κ3) is 1.83. The zero-order valence-corrected chi connectivity index (χ0v) is 8.43. The lowest BCUT2D eigenvalue weighted by atomic mass is 10.1. The highest BCUT2D eigenvalue weighted by atomic mass is 16.4. The molecule has 0 saturated heterocycles. The number of carboxylic acids is 1. The van der Waals surface area contributed by atoms with E-state index in [-0.39, 0.29) is 28.3 Å². The predicted octanol–water partition coefficient (Wildman–Crippen LogP) is 0.843. The van der Waals surface area contributed by atoms with Gasteiger partial charge in [-0.15, -0.1) is 0 Å². The van der Waals surface area contributed by atoms with Gasteiger partial charge >= 0.3 is 5.97 Å². The second kappa shape index (κ2) is 4.38. The molecule has 0 fully saturated rings. The Balaban J connectivity index is 3.71. The van der Waals surface area contributed by atoms with Gasteiger partial charge in [0, 0.05) is 0 Å². The second-order valence-corrected chi connectivity index (χ2v) is 2.84. The maximum absolute atomic E-state index is 11.0. The van der Waals surface area contributed by atoms with Crippen LogP contribution in [-0.4, -0.2) is 19.1 Å².